The Morgan fingerprint density at radius 1 is 0.565 bits per heavy atom. The molecular formula is C70H78N12O10. The molecule has 0 spiro atoms. The Morgan fingerprint density at radius 3 is 1.49 bits per heavy atom. The van der Waals surface area contributed by atoms with Crippen LogP contribution >= 0.6 is 0 Å². The minimum Gasteiger partial charge on any atom is -0.444 e. The first kappa shape index (κ1) is 66.3. The fourth-order valence-corrected chi connectivity index (χ4v) is 12.0. The molecule has 3 saturated carbocycles. The van der Waals surface area contributed by atoms with Crippen LogP contribution in [0.3, 0.4) is 0 Å². The number of hydrogen-bond donors (Lipinski definition) is 4. The molecule has 1 aliphatic heterocycles. The van der Waals surface area contributed by atoms with Gasteiger partial charge in [-0.05, 0) is 171 Å². The van der Waals surface area contributed by atoms with E-state index in [9.17, 15) is 43.2 Å². The fraction of sp³-hybridized carbons (Fsp3) is 0.357. The molecule has 5 heterocycles. The number of fused-ring (bicyclic) bond motifs is 4. The Labute approximate surface area is 530 Å². The van der Waals surface area contributed by atoms with Gasteiger partial charge < -0.3 is 26.8 Å². The van der Waals surface area contributed by atoms with Crippen molar-refractivity contribution in [2.75, 3.05) is 5.73 Å². The lowest BCUT2D eigenvalue weighted by Crippen LogP contribution is -2.41. The largest absolute Gasteiger partial charge is 0.444 e. The lowest BCUT2D eigenvalue weighted by atomic mass is 9.90. The van der Waals surface area contributed by atoms with E-state index < -0.39 is 35.9 Å². The third-order valence-corrected chi connectivity index (χ3v) is 16.7. The molecule has 4 aromatic heterocycles. The zero-order valence-corrected chi connectivity index (χ0v) is 53.2. The first-order valence-electron chi connectivity index (χ1n) is 30.6. The van der Waals surface area contributed by atoms with Gasteiger partial charge in [-0.2, -0.15) is 0 Å². The Hall–Kier alpha value is -10.1. The number of nitrogen functional groups attached to an aromatic ring is 1. The predicted molar refractivity (Wildman–Crippen MR) is 355 cm³/mol. The van der Waals surface area contributed by atoms with E-state index in [4.69, 9.17) is 16.2 Å². The van der Waals surface area contributed by atoms with Crippen molar-refractivity contribution < 1.29 is 28.7 Å². The van der Waals surface area contributed by atoms with Crippen molar-refractivity contribution in [3.63, 3.8) is 0 Å². The fourth-order valence-electron chi connectivity index (χ4n) is 12.0. The van der Waals surface area contributed by atoms with Crippen LogP contribution in [0.4, 0.5) is 10.5 Å². The lowest BCUT2D eigenvalue weighted by molar-refractivity contribution is -0.125. The van der Waals surface area contributed by atoms with Crippen molar-refractivity contribution in [2.24, 2.45) is 5.73 Å². The number of anilines is 1. The van der Waals surface area contributed by atoms with E-state index in [2.05, 4.69) is 56.9 Å². The summed E-state index contributed by atoms with van der Waals surface area (Å²) in [5.41, 5.74) is 19.3. The number of hydrogen-bond acceptors (Lipinski definition) is 16. The van der Waals surface area contributed by atoms with E-state index in [1.165, 1.54) is 24.6 Å². The highest BCUT2D eigenvalue weighted by molar-refractivity contribution is 5.89. The third-order valence-electron chi connectivity index (χ3n) is 16.7. The maximum Gasteiger partial charge on any atom is 0.407 e. The van der Waals surface area contributed by atoms with Gasteiger partial charge >= 0.3 is 6.09 Å². The molecule has 4 unspecified atom stereocenters. The molecule has 0 radical (unpaired) electrons. The van der Waals surface area contributed by atoms with Crippen LogP contribution in [0.1, 0.15) is 150 Å². The summed E-state index contributed by atoms with van der Waals surface area (Å²) in [6, 6.07) is 19.3. The van der Waals surface area contributed by atoms with Gasteiger partial charge in [0.15, 0.2) is 17.3 Å². The molecule has 4 atom stereocenters. The van der Waals surface area contributed by atoms with Gasteiger partial charge in [-0.3, -0.25) is 56.6 Å². The zero-order valence-electron chi connectivity index (χ0n) is 53.2. The van der Waals surface area contributed by atoms with Crippen molar-refractivity contribution in [2.45, 2.75) is 162 Å². The van der Waals surface area contributed by atoms with Crippen LogP contribution in [-0.2, 0) is 37.0 Å². The molecule has 4 aliphatic rings. The summed E-state index contributed by atoms with van der Waals surface area (Å²) in [4.78, 5) is 130. The van der Waals surface area contributed by atoms with E-state index in [-0.39, 0.29) is 52.0 Å². The van der Waals surface area contributed by atoms with E-state index in [1.54, 1.807) is 90.1 Å². The van der Waals surface area contributed by atoms with Gasteiger partial charge in [0.2, 0.25) is 5.91 Å². The molecule has 478 valence electrons. The molecule has 4 fully saturated rings. The maximum absolute atomic E-state index is 13.1. The molecule has 8 aromatic rings. The molecule has 0 bridgehead atoms. The van der Waals surface area contributed by atoms with Crippen LogP contribution < -0.4 is 44.3 Å². The van der Waals surface area contributed by atoms with Crippen LogP contribution in [0.5, 0.6) is 0 Å². The van der Waals surface area contributed by atoms with E-state index in [1.807, 2.05) is 31.2 Å². The topological polar surface area (TPSA) is 310 Å². The van der Waals surface area contributed by atoms with Gasteiger partial charge in [-0.1, -0.05) is 61.2 Å². The number of aromatic nitrogens is 8. The number of allylic oxidation sites excluding steroid dienone is 4. The summed E-state index contributed by atoms with van der Waals surface area (Å²) in [5.74, 6) is 1.46. The Kier molecular flexibility index (Phi) is 19.9. The summed E-state index contributed by atoms with van der Waals surface area (Å²) < 4.78 is 11.2. The van der Waals surface area contributed by atoms with E-state index >= 15 is 0 Å². The SMILES string of the molecule is C=C1CCC(n2c(C)nc3cc(CN)ccc3c2=O)C(=O)N1.C=C1CCC(n2c(C)nc3cc(CNC(=O)OC(C)(C)C)ccc3c2=O)C(=O)C1.C=C1CCC(n2c(C)nc3cc(N)ccc3c2=O)C(=O)C1.C=C1CCC(n2cnc3cc(C)ccc3c2=O)C(=O)C1. The van der Waals surface area contributed by atoms with Crippen LogP contribution in [0.15, 0.2) is 147 Å². The summed E-state index contributed by atoms with van der Waals surface area (Å²) >= 11 is 0. The average Bonchev–Trinajstić information content (AvgIpc) is 0.796. The summed E-state index contributed by atoms with van der Waals surface area (Å²) in [6.07, 6.45) is 7.33. The van der Waals surface area contributed by atoms with Gasteiger partial charge in [0, 0.05) is 43.7 Å². The molecule has 12 rings (SSSR count). The summed E-state index contributed by atoms with van der Waals surface area (Å²) in [6.45, 7) is 28.6. The van der Waals surface area contributed by atoms with E-state index in [0.29, 0.717) is 130 Å². The van der Waals surface area contributed by atoms with Crippen molar-refractivity contribution in [3.05, 3.63) is 203 Å². The Bertz CT molecular complexity index is 4640. The Morgan fingerprint density at radius 2 is 1.00 bits per heavy atom. The normalized spacial score (nSPS) is 18.6. The minimum atomic E-state index is -0.569. The van der Waals surface area contributed by atoms with Gasteiger partial charge in [0.1, 0.15) is 29.1 Å². The molecule has 22 nitrogen and oxygen atoms in total. The van der Waals surface area contributed by atoms with E-state index in [0.717, 1.165) is 52.7 Å². The van der Waals surface area contributed by atoms with Crippen molar-refractivity contribution in [1.82, 2.24) is 48.8 Å². The van der Waals surface area contributed by atoms with Crippen LogP contribution in [0, 0.1) is 27.7 Å². The molecule has 22 heteroatoms. The van der Waals surface area contributed by atoms with Crippen molar-refractivity contribution in [3.8, 4) is 0 Å². The smallest absolute Gasteiger partial charge is 0.407 e. The number of ketones is 3. The number of carbonyl (C=O) groups excluding carboxylic acids is 5. The molecule has 1 saturated heterocycles. The lowest BCUT2D eigenvalue weighted by Gasteiger charge is -2.26. The van der Waals surface area contributed by atoms with Crippen LogP contribution in [0.2, 0.25) is 0 Å². The highest BCUT2D eigenvalue weighted by Gasteiger charge is 2.32. The predicted octanol–water partition coefficient (Wildman–Crippen LogP) is 9.40. The average molecular weight is 1250 g/mol. The quantitative estimate of drug-likeness (QED) is 0.0853. The highest BCUT2D eigenvalue weighted by atomic mass is 16.6. The number of nitrogens with one attached hydrogen (secondary N) is 2. The molecular weight excluding hydrogens is 1170 g/mol. The molecule has 6 N–H and O–H groups in total. The standard InChI is InChI=1S/C22H27N3O4.C16H18N4O2.C16H17N3O2.C16H16N2O2/c1-13-6-9-18(19(26)10-13)25-14(2)24-17-11-15(7-8-16(17)20(25)27)12-23-21(28)29-22(3,4)5;1-9-3-6-14(15(21)18-9)20-10(2)19-13-7-11(8-17)4-5-12(13)16(20)22;1-9-3-6-14(15(20)7-9)19-10(2)18-13-8-11(17)4-5-12(13)16(19)21;1-10-3-5-12-13(7-10)17-9-18(16(12)20)14-6-4-11(2)8-15(14)19/h7-8,11,18H,1,6,9-10,12H2,2-5H3,(H,23,28);4-5,7,14H,1,3,6,8,17H2,2H3,(H,18,21);4-5,8,14H,1,3,6-7,17H2,2H3;3,5,7,9,14H,2,4,6,8H2,1H3. The summed E-state index contributed by atoms with van der Waals surface area (Å²) in [5, 5.41) is 7.42. The van der Waals surface area contributed by atoms with Gasteiger partial charge in [0.05, 0.1) is 68.1 Å². The zero-order chi connectivity index (χ0) is 66.6. The second-order valence-electron chi connectivity index (χ2n) is 25.0. The maximum atomic E-state index is 13.1. The second kappa shape index (κ2) is 27.6. The number of carbonyl (C=O) groups is 5. The second-order valence-corrected chi connectivity index (χ2v) is 25.0. The monoisotopic (exact) mass is 1250 g/mol. The number of aryl methyl sites for hydroxylation is 4. The number of benzene rings is 4. The number of nitrogens with zero attached hydrogens (tertiary/aromatic N) is 8. The van der Waals surface area contributed by atoms with Gasteiger partial charge in [0.25, 0.3) is 22.2 Å². The van der Waals surface area contributed by atoms with Gasteiger partial charge in [-0.25, -0.2) is 24.7 Å². The van der Waals surface area contributed by atoms with Gasteiger partial charge in [-0.15, -0.1) is 0 Å². The third kappa shape index (κ3) is 14.9. The van der Waals surface area contributed by atoms with Crippen molar-refractivity contribution in [1.29, 1.82) is 0 Å². The van der Waals surface area contributed by atoms with Crippen molar-refractivity contribution >= 4 is 78.6 Å². The highest BCUT2D eigenvalue weighted by Crippen LogP contribution is 2.31. The molecule has 4 aromatic carbocycles. The molecule has 92 heavy (non-hydrogen) atoms. The first-order chi connectivity index (χ1) is 43.6. The number of piperidine rings is 1. The summed E-state index contributed by atoms with van der Waals surface area (Å²) in [7, 11) is 0. The minimum absolute atomic E-state index is 0.00535. The van der Waals surface area contributed by atoms with Crippen LogP contribution in [0.25, 0.3) is 43.6 Å². The van der Waals surface area contributed by atoms with Crippen LogP contribution in [-0.4, -0.2) is 73.2 Å². The number of alkyl carbamates (subject to hydrolysis) is 1. The first-order valence-corrected chi connectivity index (χ1v) is 30.6. The number of Topliss-reactive ketones (excluding diaryl/α,β-unsaturated/α-hetero) is 3. The number of nitrogens with two attached hydrogens (primary N) is 2. The number of ether oxygens (including phenoxy) is 1. The number of rotatable bonds is 7. The number of amides is 2. The molecule has 2 amide bonds. The Balaban J connectivity index is 0.000000146. The molecule has 3 aliphatic carbocycles.